The third kappa shape index (κ3) is 2.46. The summed E-state index contributed by atoms with van der Waals surface area (Å²) in [7, 11) is -4.02. The number of hydrogen-bond acceptors (Lipinski definition) is 5. The monoisotopic (exact) mass is 307 g/mol. The molecule has 3 rings (SSSR count). The van der Waals surface area contributed by atoms with Crippen molar-refractivity contribution in [3.05, 3.63) is 57.4 Å². The molecule has 0 spiro atoms. The number of oxazole rings is 1. The van der Waals surface area contributed by atoms with E-state index in [2.05, 4.69) is 14.7 Å². The molecule has 108 valence electrons. The SMILES string of the molecule is O=c1[nH]c2cc(NS(=O)(=O)c3c[nH]ccc3=O)ccc2o1. The lowest BCUT2D eigenvalue weighted by atomic mass is 10.3. The van der Waals surface area contributed by atoms with Crippen LogP contribution in [0.15, 0.2) is 55.6 Å². The van der Waals surface area contributed by atoms with Gasteiger partial charge in [-0.2, -0.15) is 0 Å². The molecule has 3 aromatic rings. The molecular formula is C12H9N3O5S. The van der Waals surface area contributed by atoms with E-state index in [1.807, 2.05) is 0 Å². The summed E-state index contributed by atoms with van der Waals surface area (Å²) in [5.41, 5.74) is 0.226. The Morgan fingerprint density at radius 2 is 1.95 bits per heavy atom. The van der Waals surface area contributed by atoms with Crippen molar-refractivity contribution < 1.29 is 12.8 Å². The second-order valence-corrected chi connectivity index (χ2v) is 5.85. The molecule has 0 unspecified atom stereocenters. The number of anilines is 1. The van der Waals surface area contributed by atoms with Gasteiger partial charge in [0.2, 0.25) is 5.43 Å². The van der Waals surface area contributed by atoms with E-state index in [4.69, 9.17) is 4.42 Å². The maximum atomic E-state index is 12.1. The van der Waals surface area contributed by atoms with Crippen LogP contribution in [0.3, 0.4) is 0 Å². The normalized spacial score (nSPS) is 11.6. The van der Waals surface area contributed by atoms with E-state index in [0.717, 1.165) is 12.3 Å². The van der Waals surface area contributed by atoms with Crippen LogP contribution in [0.5, 0.6) is 0 Å². The molecule has 0 aliphatic heterocycles. The topological polar surface area (TPSA) is 125 Å². The third-order valence-corrected chi connectivity index (χ3v) is 4.15. The number of H-pyrrole nitrogens is 2. The summed E-state index contributed by atoms with van der Waals surface area (Å²) in [6, 6.07) is 5.38. The molecule has 3 N–H and O–H groups in total. The predicted octanol–water partition coefficient (Wildman–Crippen LogP) is 0.610. The number of fused-ring (bicyclic) bond motifs is 1. The molecular weight excluding hydrogens is 298 g/mol. The molecule has 0 saturated heterocycles. The molecule has 0 fully saturated rings. The molecule has 0 bridgehead atoms. The van der Waals surface area contributed by atoms with Crippen molar-refractivity contribution in [2.45, 2.75) is 4.90 Å². The zero-order valence-corrected chi connectivity index (χ0v) is 11.2. The van der Waals surface area contributed by atoms with Crippen LogP contribution in [-0.2, 0) is 10.0 Å². The molecule has 0 radical (unpaired) electrons. The van der Waals surface area contributed by atoms with Crippen molar-refractivity contribution in [3.8, 4) is 0 Å². The Morgan fingerprint density at radius 1 is 1.14 bits per heavy atom. The van der Waals surface area contributed by atoms with Crippen molar-refractivity contribution in [1.29, 1.82) is 0 Å². The van der Waals surface area contributed by atoms with Crippen molar-refractivity contribution >= 4 is 26.8 Å². The van der Waals surface area contributed by atoms with E-state index in [1.54, 1.807) is 0 Å². The maximum Gasteiger partial charge on any atom is 0.417 e. The van der Waals surface area contributed by atoms with Gasteiger partial charge in [0.25, 0.3) is 10.0 Å². The van der Waals surface area contributed by atoms with Gasteiger partial charge in [-0.25, -0.2) is 13.2 Å². The van der Waals surface area contributed by atoms with Crippen LogP contribution >= 0.6 is 0 Å². The Hall–Kier alpha value is -2.81. The highest BCUT2D eigenvalue weighted by Crippen LogP contribution is 2.18. The Balaban J connectivity index is 2.03. The van der Waals surface area contributed by atoms with Gasteiger partial charge >= 0.3 is 5.76 Å². The highest BCUT2D eigenvalue weighted by atomic mass is 32.2. The third-order valence-electron chi connectivity index (χ3n) is 2.75. The molecule has 2 aromatic heterocycles. The number of aromatic amines is 2. The summed E-state index contributed by atoms with van der Waals surface area (Å²) in [4.78, 5) is 27.2. The van der Waals surface area contributed by atoms with E-state index in [9.17, 15) is 18.0 Å². The van der Waals surface area contributed by atoms with Crippen LogP contribution in [0.4, 0.5) is 5.69 Å². The molecule has 9 heteroatoms. The first-order chi connectivity index (χ1) is 9.95. The minimum atomic E-state index is -4.02. The van der Waals surface area contributed by atoms with Gasteiger partial charge in [0, 0.05) is 18.5 Å². The summed E-state index contributed by atoms with van der Waals surface area (Å²) in [5, 5.41) is 0. The van der Waals surface area contributed by atoms with E-state index in [1.165, 1.54) is 24.4 Å². The van der Waals surface area contributed by atoms with Gasteiger partial charge in [-0.3, -0.25) is 14.5 Å². The molecule has 0 atom stereocenters. The van der Waals surface area contributed by atoms with Gasteiger partial charge in [-0.05, 0) is 18.2 Å². The Bertz CT molecular complexity index is 1030. The fraction of sp³-hybridized carbons (Fsp3) is 0. The second-order valence-electron chi connectivity index (χ2n) is 4.20. The maximum absolute atomic E-state index is 12.1. The van der Waals surface area contributed by atoms with E-state index < -0.39 is 26.1 Å². The average molecular weight is 307 g/mol. The molecule has 1 aromatic carbocycles. The number of hydrogen-bond donors (Lipinski definition) is 3. The summed E-state index contributed by atoms with van der Waals surface area (Å²) in [5.74, 6) is -0.635. The fourth-order valence-electron chi connectivity index (χ4n) is 1.84. The Morgan fingerprint density at radius 3 is 2.71 bits per heavy atom. The molecule has 0 aliphatic rings. The van der Waals surface area contributed by atoms with Crippen LogP contribution in [0.2, 0.25) is 0 Å². The van der Waals surface area contributed by atoms with Crippen LogP contribution < -0.4 is 15.9 Å². The molecule has 8 nitrogen and oxygen atoms in total. The number of nitrogens with one attached hydrogen (secondary N) is 3. The molecule has 0 amide bonds. The molecule has 2 heterocycles. The van der Waals surface area contributed by atoms with E-state index in [-0.39, 0.29) is 5.69 Å². The number of aromatic nitrogens is 2. The quantitative estimate of drug-likeness (QED) is 0.653. The van der Waals surface area contributed by atoms with Gasteiger partial charge in [-0.15, -0.1) is 0 Å². The van der Waals surface area contributed by atoms with Crippen molar-refractivity contribution in [3.63, 3.8) is 0 Å². The van der Waals surface area contributed by atoms with Crippen molar-refractivity contribution in [2.24, 2.45) is 0 Å². The average Bonchev–Trinajstić information content (AvgIpc) is 2.78. The smallest absolute Gasteiger partial charge is 0.408 e. The number of sulfonamides is 1. The van der Waals surface area contributed by atoms with Crippen LogP contribution in [0, 0.1) is 0 Å². The predicted molar refractivity (Wildman–Crippen MR) is 74.7 cm³/mol. The van der Waals surface area contributed by atoms with Crippen molar-refractivity contribution in [1.82, 2.24) is 9.97 Å². The first-order valence-electron chi connectivity index (χ1n) is 5.78. The summed E-state index contributed by atoms with van der Waals surface area (Å²) in [6.45, 7) is 0. The zero-order valence-electron chi connectivity index (χ0n) is 10.4. The first kappa shape index (κ1) is 13.2. The highest BCUT2D eigenvalue weighted by molar-refractivity contribution is 7.92. The van der Waals surface area contributed by atoms with Gasteiger partial charge in [0.05, 0.1) is 11.2 Å². The first-order valence-corrected chi connectivity index (χ1v) is 7.27. The lowest BCUT2D eigenvalue weighted by Crippen LogP contribution is -2.20. The minimum Gasteiger partial charge on any atom is -0.408 e. The van der Waals surface area contributed by atoms with Gasteiger partial charge in [-0.1, -0.05) is 0 Å². The Labute approximate surface area is 117 Å². The van der Waals surface area contributed by atoms with Crippen LogP contribution in [-0.4, -0.2) is 18.4 Å². The number of benzene rings is 1. The lowest BCUT2D eigenvalue weighted by Gasteiger charge is -2.06. The van der Waals surface area contributed by atoms with Crippen molar-refractivity contribution in [2.75, 3.05) is 4.72 Å². The molecule has 0 aliphatic carbocycles. The van der Waals surface area contributed by atoms with E-state index in [0.29, 0.717) is 11.1 Å². The largest absolute Gasteiger partial charge is 0.417 e. The molecule has 0 saturated carbocycles. The summed E-state index contributed by atoms with van der Waals surface area (Å²) >= 11 is 0. The number of pyridine rings is 1. The second kappa shape index (κ2) is 4.63. The van der Waals surface area contributed by atoms with E-state index >= 15 is 0 Å². The van der Waals surface area contributed by atoms with Crippen LogP contribution in [0.25, 0.3) is 11.1 Å². The standard InChI is InChI=1S/C12H9N3O5S/c16-9-3-4-13-6-11(9)21(18,19)15-7-1-2-10-8(5-7)14-12(17)20-10/h1-6,15H,(H,13,16)(H,14,17). The van der Waals surface area contributed by atoms with Gasteiger partial charge in [0.15, 0.2) is 10.5 Å². The summed E-state index contributed by atoms with van der Waals surface area (Å²) < 4.78 is 31.4. The zero-order chi connectivity index (χ0) is 15.0. The van der Waals surface area contributed by atoms with Gasteiger partial charge < -0.3 is 9.40 Å². The molecule has 21 heavy (non-hydrogen) atoms. The highest BCUT2D eigenvalue weighted by Gasteiger charge is 2.18. The number of rotatable bonds is 3. The summed E-state index contributed by atoms with van der Waals surface area (Å²) in [6.07, 6.45) is 2.44. The fourth-order valence-corrected chi connectivity index (χ4v) is 2.94. The Kier molecular flexibility index (Phi) is 2.91. The van der Waals surface area contributed by atoms with Crippen LogP contribution in [0.1, 0.15) is 0 Å². The van der Waals surface area contributed by atoms with Gasteiger partial charge in [0.1, 0.15) is 0 Å². The minimum absolute atomic E-state index is 0.197. The lowest BCUT2D eigenvalue weighted by molar-refractivity contribution is 0.555.